The largest absolute Gasteiger partial charge is 0.368 e. The molecule has 8 nitrogen and oxygen atoms in total. The molecule has 3 aromatic rings. The van der Waals surface area contributed by atoms with Gasteiger partial charge in [0.05, 0.1) is 4.90 Å². The summed E-state index contributed by atoms with van der Waals surface area (Å²) in [5.41, 5.74) is 6.98. The number of rotatable bonds is 9. The van der Waals surface area contributed by atoms with Crippen LogP contribution in [0.3, 0.4) is 0 Å². The van der Waals surface area contributed by atoms with Crippen molar-refractivity contribution < 1.29 is 13.2 Å². The van der Waals surface area contributed by atoms with Crippen molar-refractivity contribution in [1.29, 1.82) is 5.41 Å². The Morgan fingerprint density at radius 3 is 2.09 bits per heavy atom. The van der Waals surface area contributed by atoms with Gasteiger partial charge in [-0.3, -0.25) is 4.79 Å². The number of guanidine groups is 1. The van der Waals surface area contributed by atoms with Crippen molar-refractivity contribution in [1.82, 2.24) is 10.0 Å². The number of nitrogens with zero attached hydrogens (tertiary/aromatic N) is 1. The zero-order valence-electron chi connectivity index (χ0n) is 18.4. The Morgan fingerprint density at radius 2 is 1.51 bits per heavy atom. The number of carbonyl (C=O) groups is 1. The van der Waals surface area contributed by atoms with Gasteiger partial charge in [0.15, 0.2) is 0 Å². The molecule has 0 aromatic heterocycles. The van der Waals surface area contributed by atoms with Crippen LogP contribution in [-0.2, 0) is 14.8 Å². The molecule has 182 valence electrons. The van der Waals surface area contributed by atoms with Crippen LogP contribution in [0.4, 0.5) is 0 Å². The number of nitrogens with two attached hydrogens (primary N) is 1. The molecule has 0 aliphatic heterocycles. The van der Waals surface area contributed by atoms with E-state index in [2.05, 4.69) is 15.0 Å². The summed E-state index contributed by atoms with van der Waals surface area (Å²) in [4.78, 5) is 15.3. The van der Waals surface area contributed by atoms with Crippen molar-refractivity contribution in [2.75, 3.05) is 13.1 Å². The van der Waals surface area contributed by atoms with Gasteiger partial charge in [0.25, 0.3) is 10.0 Å². The molecule has 0 radical (unpaired) electrons. The van der Waals surface area contributed by atoms with Gasteiger partial charge in [-0.1, -0.05) is 65.7 Å². The van der Waals surface area contributed by atoms with Crippen molar-refractivity contribution in [3.05, 3.63) is 100 Å². The summed E-state index contributed by atoms with van der Waals surface area (Å²) in [6.07, 6.45) is 0. The molecule has 35 heavy (non-hydrogen) atoms. The molecule has 1 unspecified atom stereocenters. The average Bonchev–Trinajstić information content (AvgIpc) is 2.83. The highest BCUT2D eigenvalue weighted by atomic mass is 35.5. The van der Waals surface area contributed by atoms with Gasteiger partial charge in [-0.25, -0.2) is 18.1 Å². The molecule has 0 spiro atoms. The van der Waals surface area contributed by atoms with Crippen LogP contribution in [0, 0.1) is 5.41 Å². The van der Waals surface area contributed by atoms with E-state index in [9.17, 15) is 13.2 Å². The maximum Gasteiger partial charge on any atom is 0.264 e. The van der Waals surface area contributed by atoms with E-state index in [4.69, 9.17) is 34.3 Å². The molecule has 0 heterocycles. The van der Waals surface area contributed by atoms with E-state index in [1.807, 2.05) is 30.3 Å². The normalized spacial score (nSPS) is 12.6. The lowest BCUT2D eigenvalue weighted by molar-refractivity contribution is -0.116. The monoisotopic (exact) mass is 531 g/mol. The fraction of sp³-hybridized carbons (Fsp3) is 0.125. The summed E-state index contributed by atoms with van der Waals surface area (Å²) < 4.78 is 28.1. The highest BCUT2D eigenvalue weighted by Crippen LogP contribution is 2.22. The number of benzene rings is 3. The van der Waals surface area contributed by atoms with Gasteiger partial charge < -0.3 is 16.5 Å². The molecule has 0 aliphatic rings. The number of primary amides is 1. The van der Waals surface area contributed by atoms with Crippen molar-refractivity contribution in [3.8, 4) is 0 Å². The first-order valence-electron chi connectivity index (χ1n) is 10.4. The maximum atomic E-state index is 12.9. The SMILES string of the molecule is N=C(c1ccc(Cl)cc1)C(CNC(=NCC(N)=O)NS(=O)(=O)c1ccc(Cl)cc1)c1ccccc1. The van der Waals surface area contributed by atoms with Gasteiger partial charge in [0.1, 0.15) is 6.54 Å². The molecule has 0 bridgehead atoms. The van der Waals surface area contributed by atoms with E-state index in [0.717, 1.165) is 5.56 Å². The maximum absolute atomic E-state index is 12.9. The van der Waals surface area contributed by atoms with Gasteiger partial charge in [-0.05, 0) is 47.5 Å². The first-order chi connectivity index (χ1) is 16.7. The summed E-state index contributed by atoms with van der Waals surface area (Å²) >= 11 is 11.8. The molecule has 0 aliphatic carbocycles. The van der Waals surface area contributed by atoms with Crippen LogP contribution in [0.2, 0.25) is 10.0 Å². The summed E-state index contributed by atoms with van der Waals surface area (Å²) in [6, 6.07) is 21.8. The molecule has 1 atom stereocenters. The molecule has 1 amide bonds. The lowest BCUT2D eigenvalue weighted by atomic mass is 9.90. The van der Waals surface area contributed by atoms with Crippen LogP contribution in [0.5, 0.6) is 0 Å². The lowest BCUT2D eigenvalue weighted by Gasteiger charge is -2.21. The van der Waals surface area contributed by atoms with Gasteiger partial charge in [0, 0.05) is 28.2 Å². The second kappa shape index (κ2) is 11.8. The Bertz CT molecular complexity index is 1310. The lowest BCUT2D eigenvalue weighted by Crippen LogP contribution is -2.44. The summed E-state index contributed by atoms with van der Waals surface area (Å²) in [6.45, 7) is -0.331. The number of hydrogen-bond acceptors (Lipinski definition) is 5. The Morgan fingerprint density at radius 1 is 0.943 bits per heavy atom. The van der Waals surface area contributed by atoms with Crippen LogP contribution < -0.4 is 15.8 Å². The smallest absolute Gasteiger partial charge is 0.264 e. The third-order valence-electron chi connectivity index (χ3n) is 4.93. The van der Waals surface area contributed by atoms with Crippen LogP contribution >= 0.6 is 23.2 Å². The van der Waals surface area contributed by atoms with Crippen molar-refractivity contribution in [2.45, 2.75) is 10.8 Å². The zero-order valence-corrected chi connectivity index (χ0v) is 20.7. The molecule has 0 fully saturated rings. The molecular weight excluding hydrogens is 509 g/mol. The molecular formula is C24H23Cl2N5O3S. The Kier molecular flexibility index (Phi) is 8.86. The van der Waals surface area contributed by atoms with Crippen LogP contribution in [0.1, 0.15) is 17.0 Å². The van der Waals surface area contributed by atoms with Crippen LogP contribution in [0.25, 0.3) is 0 Å². The topological polar surface area (TPSA) is 138 Å². The zero-order chi connectivity index (χ0) is 25.4. The summed E-state index contributed by atoms with van der Waals surface area (Å²) in [5.74, 6) is -1.39. The van der Waals surface area contributed by atoms with Gasteiger partial charge in [-0.15, -0.1) is 0 Å². The highest BCUT2D eigenvalue weighted by Gasteiger charge is 2.21. The van der Waals surface area contributed by atoms with Crippen molar-refractivity contribution in [2.24, 2.45) is 10.7 Å². The van der Waals surface area contributed by atoms with E-state index >= 15 is 0 Å². The van der Waals surface area contributed by atoms with Gasteiger partial charge >= 0.3 is 0 Å². The fourth-order valence-corrected chi connectivity index (χ4v) is 4.44. The average molecular weight is 532 g/mol. The molecule has 0 saturated carbocycles. The predicted molar refractivity (Wildman–Crippen MR) is 139 cm³/mol. The summed E-state index contributed by atoms with van der Waals surface area (Å²) in [5, 5.41) is 12.7. The number of amides is 1. The third-order valence-corrected chi connectivity index (χ3v) is 6.79. The van der Waals surface area contributed by atoms with E-state index in [1.165, 1.54) is 24.3 Å². The van der Waals surface area contributed by atoms with Gasteiger partial charge in [-0.2, -0.15) is 0 Å². The minimum Gasteiger partial charge on any atom is -0.368 e. The first-order valence-corrected chi connectivity index (χ1v) is 12.6. The van der Waals surface area contributed by atoms with E-state index < -0.39 is 28.4 Å². The molecule has 3 aromatic carbocycles. The van der Waals surface area contributed by atoms with E-state index in [-0.39, 0.29) is 23.1 Å². The van der Waals surface area contributed by atoms with Crippen LogP contribution in [0.15, 0.2) is 88.8 Å². The van der Waals surface area contributed by atoms with E-state index in [0.29, 0.717) is 15.6 Å². The predicted octanol–water partition coefficient (Wildman–Crippen LogP) is 3.55. The summed E-state index contributed by atoms with van der Waals surface area (Å²) in [7, 11) is -4.04. The number of carbonyl (C=O) groups excluding carboxylic acids is 1. The quantitative estimate of drug-likeness (QED) is 0.247. The molecule has 3 rings (SSSR count). The molecule has 5 N–H and O–H groups in total. The number of sulfonamides is 1. The van der Waals surface area contributed by atoms with Crippen molar-refractivity contribution in [3.63, 3.8) is 0 Å². The van der Waals surface area contributed by atoms with E-state index in [1.54, 1.807) is 24.3 Å². The van der Waals surface area contributed by atoms with Gasteiger partial charge in [0.2, 0.25) is 11.9 Å². The Balaban J connectivity index is 1.87. The molecule has 0 saturated heterocycles. The van der Waals surface area contributed by atoms with Crippen molar-refractivity contribution >= 4 is 50.8 Å². The third kappa shape index (κ3) is 7.54. The number of halogens is 2. The molecule has 11 heteroatoms. The van der Waals surface area contributed by atoms with Crippen LogP contribution in [-0.4, -0.2) is 39.1 Å². The first kappa shape index (κ1) is 26.2. The Labute approximate surface area is 213 Å². The number of nitrogens with one attached hydrogen (secondary N) is 3. The highest BCUT2D eigenvalue weighted by molar-refractivity contribution is 7.90. The minimum atomic E-state index is -4.04. The fourth-order valence-electron chi connectivity index (χ4n) is 3.18. The standard InChI is InChI=1S/C24H23Cl2N5O3S/c25-18-8-6-17(7-9-18)23(28)21(16-4-2-1-3-5-16)14-29-24(30-15-22(27)32)31-35(33,34)20-12-10-19(26)11-13-20/h1-13,21,28H,14-15H2,(H2,27,32)(H2,29,30,31). The second-order valence-electron chi connectivity index (χ2n) is 7.46. The second-order valence-corrected chi connectivity index (χ2v) is 10.0. The number of hydrogen-bond donors (Lipinski definition) is 4. The minimum absolute atomic E-state index is 0.0380. The Hall–Kier alpha value is -3.40. The number of aliphatic imine (C=N–C) groups is 1.